The highest BCUT2D eigenvalue weighted by molar-refractivity contribution is 9.10. The van der Waals surface area contributed by atoms with E-state index in [0.717, 1.165) is 27.1 Å². The third-order valence-corrected chi connectivity index (χ3v) is 3.74. The second-order valence-electron chi connectivity index (χ2n) is 4.67. The zero-order valence-electron chi connectivity index (χ0n) is 11.8. The molecule has 22 heavy (non-hydrogen) atoms. The van der Waals surface area contributed by atoms with Crippen LogP contribution in [0.1, 0.15) is 11.1 Å². The van der Waals surface area contributed by atoms with Crippen molar-refractivity contribution in [3.05, 3.63) is 94.5 Å². The van der Waals surface area contributed by atoms with E-state index in [4.69, 9.17) is 4.74 Å². The average Bonchev–Trinajstić information content (AvgIpc) is 2.56. The molecule has 0 aromatic heterocycles. The molecule has 3 aromatic carbocycles. The third kappa shape index (κ3) is 3.78. The van der Waals surface area contributed by atoms with Crippen LogP contribution >= 0.6 is 15.9 Å². The maximum atomic E-state index is 5.76. The minimum absolute atomic E-state index is 0.803. The van der Waals surface area contributed by atoms with Crippen molar-refractivity contribution in [2.24, 2.45) is 0 Å². The summed E-state index contributed by atoms with van der Waals surface area (Å²) in [5.74, 6) is 7.95. The lowest BCUT2D eigenvalue weighted by Gasteiger charge is -2.04. The van der Waals surface area contributed by atoms with Crippen molar-refractivity contribution in [1.29, 1.82) is 0 Å². The fourth-order valence-corrected chi connectivity index (χ4v) is 2.32. The second kappa shape index (κ2) is 6.98. The topological polar surface area (TPSA) is 9.23 Å². The van der Waals surface area contributed by atoms with Crippen molar-refractivity contribution >= 4 is 15.9 Å². The normalized spacial score (nSPS) is 9.68. The number of benzene rings is 3. The second-order valence-corrected chi connectivity index (χ2v) is 5.52. The molecule has 0 aliphatic rings. The quantitative estimate of drug-likeness (QED) is 0.544. The van der Waals surface area contributed by atoms with Gasteiger partial charge >= 0.3 is 0 Å². The van der Waals surface area contributed by atoms with Gasteiger partial charge in [-0.15, -0.1) is 0 Å². The van der Waals surface area contributed by atoms with Crippen LogP contribution in [-0.2, 0) is 0 Å². The van der Waals surface area contributed by atoms with Crippen molar-refractivity contribution in [2.45, 2.75) is 0 Å². The number of para-hydroxylation sites is 1. The van der Waals surface area contributed by atoms with Crippen molar-refractivity contribution in [3.63, 3.8) is 0 Å². The van der Waals surface area contributed by atoms with Gasteiger partial charge in [-0.05, 0) is 64.5 Å². The van der Waals surface area contributed by atoms with Gasteiger partial charge in [-0.2, -0.15) is 0 Å². The Bertz CT molecular complexity index is 812. The van der Waals surface area contributed by atoms with E-state index in [1.807, 2.05) is 78.9 Å². The Morgan fingerprint density at radius 3 is 2.00 bits per heavy atom. The molecule has 0 bridgehead atoms. The van der Waals surface area contributed by atoms with Crippen LogP contribution in [0.15, 0.2) is 83.3 Å². The molecule has 0 saturated heterocycles. The Labute approximate surface area is 138 Å². The first kappa shape index (κ1) is 14.4. The Balaban J connectivity index is 1.74. The Kier molecular flexibility index (Phi) is 4.58. The van der Waals surface area contributed by atoms with Crippen LogP contribution in [0.2, 0.25) is 0 Å². The first-order valence-corrected chi connectivity index (χ1v) is 7.70. The number of halogens is 1. The standard InChI is InChI=1S/C20H13BrO/c21-20-9-5-4-6-17(20)13-10-16-11-14-19(15-12-16)22-18-7-2-1-3-8-18/h1-9,11-12,14-15H. The molecule has 0 heterocycles. The van der Waals surface area contributed by atoms with Crippen LogP contribution in [0.5, 0.6) is 11.5 Å². The number of hydrogen-bond donors (Lipinski definition) is 0. The van der Waals surface area contributed by atoms with Crippen LogP contribution in [0.25, 0.3) is 0 Å². The van der Waals surface area contributed by atoms with Gasteiger partial charge in [0.1, 0.15) is 11.5 Å². The maximum absolute atomic E-state index is 5.76. The van der Waals surface area contributed by atoms with Crippen molar-refractivity contribution in [3.8, 4) is 23.3 Å². The van der Waals surface area contributed by atoms with E-state index < -0.39 is 0 Å². The number of hydrogen-bond acceptors (Lipinski definition) is 1. The summed E-state index contributed by atoms with van der Waals surface area (Å²) in [4.78, 5) is 0. The molecule has 0 aliphatic carbocycles. The zero-order valence-corrected chi connectivity index (χ0v) is 13.4. The molecule has 2 heteroatoms. The van der Waals surface area contributed by atoms with E-state index in [0.29, 0.717) is 0 Å². The van der Waals surface area contributed by atoms with Crippen LogP contribution < -0.4 is 4.74 Å². The predicted molar refractivity (Wildman–Crippen MR) is 93.1 cm³/mol. The first-order chi connectivity index (χ1) is 10.8. The fourth-order valence-electron chi connectivity index (χ4n) is 1.93. The van der Waals surface area contributed by atoms with Gasteiger partial charge in [0.15, 0.2) is 0 Å². The van der Waals surface area contributed by atoms with Gasteiger partial charge < -0.3 is 4.74 Å². The summed E-state index contributed by atoms with van der Waals surface area (Å²) in [6, 6.07) is 25.4. The lowest BCUT2D eigenvalue weighted by molar-refractivity contribution is 0.482. The highest BCUT2D eigenvalue weighted by Crippen LogP contribution is 2.21. The van der Waals surface area contributed by atoms with E-state index in [2.05, 4.69) is 27.8 Å². The minimum Gasteiger partial charge on any atom is -0.457 e. The third-order valence-electron chi connectivity index (χ3n) is 3.05. The van der Waals surface area contributed by atoms with Crippen molar-refractivity contribution in [2.75, 3.05) is 0 Å². The molecule has 0 N–H and O–H groups in total. The zero-order chi connectivity index (χ0) is 15.2. The van der Waals surface area contributed by atoms with Gasteiger partial charge in [0.2, 0.25) is 0 Å². The van der Waals surface area contributed by atoms with Crippen LogP contribution in [0, 0.1) is 11.8 Å². The van der Waals surface area contributed by atoms with Gasteiger partial charge in [-0.25, -0.2) is 0 Å². The van der Waals surface area contributed by atoms with E-state index >= 15 is 0 Å². The Morgan fingerprint density at radius 1 is 0.636 bits per heavy atom. The summed E-state index contributed by atoms with van der Waals surface area (Å²) >= 11 is 3.50. The Hall–Kier alpha value is -2.50. The summed E-state index contributed by atoms with van der Waals surface area (Å²) in [7, 11) is 0. The lowest BCUT2D eigenvalue weighted by Crippen LogP contribution is -1.84. The maximum Gasteiger partial charge on any atom is 0.127 e. The van der Waals surface area contributed by atoms with E-state index in [1.165, 1.54) is 0 Å². The molecule has 0 spiro atoms. The number of ether oxygens (including phenoxy) is 1. The molecule has 0 atom stereocenters. The summed E-state index contributed by atoms with van der Waals surface area (Å²) in [5, 5.41) is 0. The van der Waals surface area contributed by atoms with Gasteiger partial charge in [0.25, 0.3) is 0 Å². The minimum atomic E-state index is 0.803. The van der Waals surface area contributed by atoms with E-state index in [9.17, 15) is 0 Å². The predicted octanol–water partition coefficient (Wildman–Crippen LogP) is 5.64. The molecule has 3 rings (SSSR count). The summed E-state index contributed by atoms with van der Waals surface area (Å²) in [6.45, 7) is 0. The molecular weight excluding hydrogens is 336 g/mol. The van der Waals surface area contributed by atoms with Crippen LogP contribution in [-0.4, -0.2) is 0 Å². The molecule has 0 saturated carbocycles. The van der Waals surface area contributed by atoms with E-state index in [1.54, 1.807) is 0 Å². The summed E-state index contributed by atoms with van der Waals surface area (Å²) in [5.41, 5.74) is 1.93. The van der Waals surface area contributed by atoms with Crippen LogP contribution in [0.4, 0.5) is 0 Å². The molecule has 3 aromatic rings. The molecule has 0 amide bonds. The molecule has 1 nitrogen and oxygen atoms in total. The van der Waals surface area contributed by atoms with Gasteiger partial charge in [-0.1, -0.05) is 42.2 Å². The molecule has 0 radical (unpaired) electrons. The van der Waals surface area contributed by atoms with Crippen molar-refractivity contribution < 1.29 is 4.74 Å². The largest absolute Gasteiger partial charge is 0.457 e. The summed E-state index contributed by atoms with van der Waals surface area (Å²) in [6.07, 6.45) is 0. The van der Waals surface area contributed by atoms with Gasteiger partial charge in [0, 0.05) is 15.6 Å². The van der Waals surface area contributed by atoms with E-state index in [-0.39, 0.29) is 0 Å². The van der Waals surface area contributed by atoms with Gasteiger partial charge in [-0.3, -0.25) is 0 Å². The Morgan fingerprint density at radius 2 is 1.27 bits per heavy atom. The molecule has 0 aliphatic heterocycles. The highest BCUT2D eigenvalue weighted by Gasteiger charge is 1.96. The lowest BCUT2D eigenvalue weighted by atomic mass is 10.2. The highest BCUT2D eigenvalue weighted by atomic mass is 79.9. The first-order valence-electron chi connectivity index (χ1n) is 6.91. The fraction of sp³-hybridized carbons (Fsp3) is 0. The monoisotopic (exact) mass is 348 g/mol. The molecule has 0 fully saturated rings. The number of rotatable bonds is 2. The molecular formula is C20H13BrO. The average molecular weight is 349 g/mol. The summed E-state index contributed by atoms with van der Waals surface area (Å²) < 4.78 is 6.77. The smallest absolute Gasteiger partial charge is 0.127 e. The van der Waals surface area contributed by atoms with Crippen LogP contribution in [0.3, 0.4) is 0 Å². The SMILES string of the molecule is Brc1ccccc1C#Cc1ccc(Oc2ccccc2)cc1. The molecule has 106 valence electrons. The van der Waals surface area contributed by atoms with Gasteiger partial charge in [0.05, 0.1) is 0 Å². The molecule has 0 unspecified atom stereocenters. The van der Waals surface area contributed by atoms with Crippen molar-refractivity contribution in [1.82, 2.24) is 0 Å².